The van der Waals surface area contributed by atoms with Crippen LogP contribution in [0.4, 0.5) is 5.69 Å². The molecule has 0 unspecified atom stereocenters. The van der Waals surface area contributed by atoms with E-state index in [0.717, 1.165) is 40.8 Å². The van der Waals surface area contributed by atoms with E-state index in [1.165, 1.54) is 36.4 Å². The summed E-state index contributed by atoms with van der Waals surface area (Å²) >= 11 is 6.77. The van der Waals surface area contributed by atoms with Crippen molar-refractivity contribution in [2.45, 2.75) is 24.5 Å². The van der Waals surface area contributed by atoms with Gasteiger partial charge in [-0.15, -0.1) is 11.3 Å². The number of H-pyrrole nitrogens is 1. The van der Waals surface area contributed by atoms with Gasteiger partial charge in [0.15, 0.2) is 0 Å². The van der Waals surface area contributed by atoms with Crippen LogP contribution >= 0.6 is 22.9 Å². The topological polar surface area (TPSA) is 133 Å². The molecule has 0 bridgehead atoms. The van der Waals surface area contributed by atoms with E-state index in [1.807, 2.05) is 0 Å². The highest BCUT2D eigenvalue weighted by atomic mass is 35.5. The molecular formula is C25H27ClN4O5S2. The van der Waals surface area contributed by atoms with Crippen LogP contribution in [0.2, 0.25) is 4.34 Å². The van der Waals surface area contributed by atoms with Crippen molar-refractivity contribution in [3.8, 4) is 5.69 Å². The number of aromatic amines is 1. The van der Waals surface area contributed by atoms with Crippen molar-refractivity contribution in [1.82, 2.24) is 14.3 Å². The third-order valence-corrected chi connectivity index (χ3v) is 9.90. The summed E-state index contributed by atoms with van der Waals surface area (Å²) in [7, 11) is -4.68. The summed E-state index contributed by atoms with van der Waals surface area (Å²) in [5, 5.41) is 3.62. The number of carbonyl (C=O) groups excluding carboxylic acids is 1. The molecule has 0 aliphatic carbocycles. The molecule has 1 amide bonds. The first-order valence-electron chi connectivity index (χ1n) is 11.4. The highest BCUT2D eigenvalue weighted by Gasteiger charge is 2.28. The maximum Gasteiger partial charge on any atom is 0.333 e. The van der Waals surface area contributed by atoms with Gasteiger partial charge in [0, 0.05) is 24.1 Å². The van der Waals surface area contributed by atoms with Gasteiger partial charge in [0.05, 0.1) is 20.9 Å². The number of rotatable bonds is 8. The first-order valence-corrected chi connectivity index (χ1v) is 15.0. The predicted molar refractivity (Wildman–Crippen MR) is 150 cm³/mol. The van der Waals surface area contributed by atoms with Crippen LogP contribution in [0.15, 0.2) is 68.4 Å². The number of benzene rings is 2. The number of aromatic nitrogens is 2. The van der Waals surface area contributed by atoms with Crippen molar-refractivity contribution in [1.29, 1.82) is 0 Å². The molecule has 0 radical (unpaired) electrons. The number of nitrogens with zero attached hydrogens (tertiary/aromatic N) is 1. The van der Waals surface area contributed by atoms with Gasteiger partial charge < -0.3 is 10.3 Å². The molecule has 0 aliphatic rings. The molecule has 0 saturated heterocycles. The molecule has 2 heterocycles. The van der Waals surface area contributed by atoms with Crippen LogP contribution in [0.1, 0.15) is 30.6 Å². The minimum Gasteiger partial charge on any atom is -0.385 e. The zero-order chi connectivity index (χ0) is 27.0. The van der Waals surface area contributed by atoms with E-state index < -0.39 is 26.7 Å². The quantitative estimate of drug-likeness (QED) is 0.250. The highest BCUT2D eigenvalue weighted by molar-refractivity contribution is 8.14. The first-order chi connectivity index (χ1) is 17.3. The Morgan fingerprint density at radius 3 is 2.46 bits per heavy atom. The second-order valence-electron chi connectivity index (χ2n) is 9.26. The molecule has 9 nitrogen and oxygen atoms in total. The van der Waals surface area contributed by atoms with Crippen LogP contribution < -0.4 is 21.3 Å². The number of halogens is 1. The second kappa shape index (κ2) is 9.90. The van der Waals surface area contributed by atoms with Gasteiger partial charge in [-0.1, -0.05) is 35.0 Å². The van der Waals surface area contributed by atoms with E-state index in [4.69, 9.17) is 11.6 Å². The van der Waals surface area contributed by atoms with Crippen molar-refractivity contribution in [2.24, 2.45) is 5.92 Å². The number of thiophene rings is 1. The predicted octanol–water partition coefficient (Wildman–Crippen LogP) is 4.48. The van der Waals surface area contributed by atoms with Crippen molar-refractivity contribution in [3.63, 3.8) is 0 Å². The molecule has 4 N–H and O–H groups in total. The van der Waals surface area contributed by atoms with Crippen molar-refractivity contribution in [2.75, 3.05) is 18.1 Å². The number of hydrogen-bond donors (Lipinski definition) is 4. The largest absolute Gasteiger partial charge is 0.385 e. The maximum absolute atomic E-state index is 13.1. The van der Waals surface area contributed by atoms with E-state index in [2.05, 4.69) is 28.9 Å². The lowest BCUT2D eigenvalue weighted by atomic mass is 10.1. The van der Waals surface area contributed by atoms with Gasteiger partial charge in [-0.3, -0.25) is 18.9 Å². The number of anilines is 1. The van der Waals surface area contributed by atoms with Crippen molar-refractivity contribution in [3.05, 3.63) is 85.3 Å². The summed E-state index contributed by atoms with van der Waals surface area (Å²) in [4.78, 5) is 41.4. The Morgan fingerprint density at radius 2 is 1.84 bits per heavy atom. The van der Waals surface area contributed by atoms with Gasteiger partial charge in [0.25, 0.3) is 11.5 Å². The second-order valence-corrected chi connectivity index (χ2v) is 14.4. The Labute approximate surface area is 221 Å². The van der Waals surface area contributed by atoms with E-state index in [0.29, 0.717) is 21.2 Å². The normalized spacial score (nSPS) is 12.9. The van der Waals surface area contributed by atoms with E-state index in [-0.39, 0.29) is 15.5 Å². The molecule has 0 saturated carbocycles. The summed E-state index contributed by atoms with van der Waals surface area (Å²) in [5.74, 6) is -0.246. The molecule has 0 aliphatic heterocycles. The molecule has 0 spiro atoms. The summed E-state index contributed by atoms with van der Waals surface area (Å²) < 4.78 is 27.3. The van der Waals surface area contributed by atoms with Gasteiger partial charge in [0.1, 0.15) is 4.21 Å². The Morgan fingerprint density at radius 1 is 1.14 bits per heavy atom. The van der Waals surface area contributed by atoms with Crippen LogP contribution in [0.3, 0.4) is 0 Å². The number of nitrogens with one attached hydrogen (secondary N) is 3. The third kappa shape index (κ3) is 5.85. The van der Waals surface area contributed by atoms with E-state index >= 15 is 0 Å². The summed E-state index contributed by atoms with van der Waals surface area (Å²) in [5.41, 5.74) is 0.395. The van der Waals surface area contributed by atoms with Crippen molar-refractivity contribution < 1.29 is 13.6 Å². The van der Waals surface area contributed by atoms with Crippen LogP contribution in [0.25, 0.3) is 16.6 Å². The molecular weight excluding hydrogens is 536 g/mol. The molecule has 0 atom stereocenters. The van der Waals surface area contributed by atoms with Gasteiger partial charge in [0.2, 0.25) is 0 Å². The minimum atomic E-state index is -4.68. The van der Waals surface area contributed by atoms with Crippen LogP contribution in [-0.2, 0) is 9.53 Å². The summed E-state index contributed by atoms with van der Waals surface area (Å²) in [6.45, 7) is 5.04. The Balaban J connectivity index is 1.59. The Bertz CT molecular complexity index is 1670. The zero-order valence-electron chi connectivity index (χ0n) is 20.4. The fourth-order valence-corrected chi connectivity index (χ4v) is 6.85. The standard InChI is InChI=1S/C25H27ClN4O5S2/c1-15(2)12-13-27-17-6-9-19-20(14-17)28-25(33)30(24(19)32)18-7-4-16(5-8-18)23(31)29-37(3,34,35)22-11-10-21(26)36-22/h4-11,14-15,27H,12-13H2,1-3H3,(H,28,33)(H2,29,31,34,35). The lowest BCUT2D eigenvalue weighted by molar-refractivity contribution is 0.0978. The zero-order valence-corrected chi connectivity index (χ0v) is 22.8. The fourth-order valence-electron chi connectivity index (χ4n) is 3.71. The summed E-state index contributed by atoms with van der Waals surface area (Å²) in [6.07, 6.45) is 2.02. The molecule has 0 fully saturated rings. The average molecular weight is 563 g/mol. The molecule has 4 aromatic rings. The number of hydrogen-bond acceptors (Lipinski definition) is 6. The third-order valence-electron chi connectivity index (χ3n) is 5.69. The Kier molecular flexibility index (Phi) is 7.17. The van der Waals surface area contributed by atoms with E-state index in [1.54, 1.807) is 18.2 Å². The highest BCUT2D eigenvalue weighted by Crippen LogP contribution is 2.35. The number of carbonyl (C=O) groups is 1. The molecule has 4 rings (SSSR count). The average Bonchev–Trinajstić information content (AvgIpc) is 3.26. The number of amides is 1. The lowest BCUT2D eigenvalue weighted by Crippen LogP contribution is -2.48. The molecule has 2 aromatic heterocycles. The maximum atomic E-state index is 13.1. The molecule has 37 heavy (non-hydrogen) atoms. The molecule has 12 heteroatoms. The van der Waals surface area contributed by atoms with Crippen molar-refractivity contribution >= 4 is 55.0 Å². The monoisotopic (exact) mass is 562 g/mol. The van der Waals surface area contributed by atoms with Gasteiger partial charge in [-0.05, 0) is 66.9 Å². The van der Waals surface area contributed by atoms with Gasteiger partial charge in [-0.25, -0.2) is 9.36 Å². The van der Waals surface area contributed by atoms with Crippen LogP contribution in [0, 0.1) is 5.92 Å². The van der Waals surface area contributed by atoms with Gasteiger partial charge in [-0.2, -0.15) is 4.21 Å². The lowest BCUT2D eigenvalue weighted by Gasteiger charge is -2.38. The molecule has 2 aromatic carbocycles. The van der Waals surface area contributed by atoms with E-state index in [9.17, 15) is 23.1 Å². The fraction of sp³-hybridized carbons (Fsp3) is 0.240. The smallest absolute Gasteiger partial charge is 0.333 e. The molecule has 196 valence electrons. The minimum absolute atomic E-state index is 0.0273. The van der Waals surface area contributed by atoms with Crippen LogP contribution in [0.5, 0.6) is 0 Å². The SMILES string of the molecule is CC(C)CCNc1ccc2c(=O)n(-c3ccc(C(=O)NS(C)(=O)(O)c4ccc(Cl)s4)cc3)c(=O)[nH]c2c1. The van der Waals surface area contributed by atoms with Crippen LogP contribution in [-0.4, -0.2) is 37.0 Å². The van der Waals surface area contributed by atoms with Gasteiger partial charge >= 0.3 is 5.69 Å². The summed E-state index contributed by atoms with van der Waals surface area (Å²) in [6, 6.07) is 13.6. The first kappa shape index (κ1) is 26.8. The number of fused-ring (bicyclic) bond motifs is 1. The Hall–Kier alpha value is -3.25.